The second-order valence-electron chi connectivity index (χ2n) is 5.53. The molecule has 1 atom stereocenters. The Labute approximate surface area is 133 Å². The monoisotopic (exact) mass is 306 g/mol. The van der Waals surface area contributed by atoms with Crippen LogP contribution in [-0.4, -0.2) is 16.9 Å². The van der Waals surface area contributed by atoms with Crippen molar-refractivity contribution in [3.05, 3.63) is 64.7 Å². The van der Waals surface area contributed by atoms with Gasteiger partial charge in [-0.25, -0.2) is 4.79 Å². The first-order chi connectivity index (χ1) is 11.1. The molecule has 114 valence electrons. The Kier molecular flexibility index (Phi) is 3.82. The van der Waals surface area contributed by atoms with Crippen LogP contribution in [0.1, 0.15) is 39.5 Å². The number of carbonyl (C=O) groups is 2. The number of nitrogens with zero attached hydrogens (tertiary/aromatic N) is 1. The maximum absolute atomic E-state index is 12.2. The molecule has 23 heavy (non-hydrogen) atoms. The second-order valence-corrected chi connectivity index (χ2v) is 5.53. The molecule has 1 heterocycles. The highest BCUT2D eigenvalue weighted by atomic mass is 16.4. The van der Waals surface area contributed by atoms with Crippen molar-refractivity contribution < 1.29 is 14.7 Å². The first-order valence-electron chi connectivity index (χ1n) is 7.21. The number of carboxylic acids is 1. The van der Waals surface area contributed by atoms with Crippen molar-refractivity contribution in [2.75, 3.05) is 5.32 Å². The van der Waals surface area contributed by atoms with E-state index in [2.05, 4.69) is 11.4 Å². The third kappa shape index (κ3) is 3.06. The Morgan fingerprint density at radius 2 is 2.09 bits per heavy atom. The third-order valence-electron chi connectivity index (χ3n) is 3.92. The Hall–Kier alpha value is -3.13. The van der Waals surface area contributed by atoms with Gasteiger partial charge in [0.1, 0.15) is 5.78 Å². The molecule has 1 unspecified atom stereocenters. The quantitative estimate of drug-likeness (QED) is 0.890. The summed E-state index contributed by atoms with van der Waals surface area (Å²) >= 11 is 0. The van der Waals surface area contributed by atoms with Gasteiger partial charge in [0.25, 0.3) is 0 Å². The van der Waals surface area contributed by atoms with E-state index in [1.807, 2.05) is 6.07 Å². The molecule has 0 bridgehead atoms. The number of nitrogens with one attached hydrogen (secondary N) is 1. The van der Waals surface area contributed by atoms with Crippen LogP contribution in [0.25, 0.3) is 0 Å². The molecule has 5 nitrogen and oxygen atoms in total. The number of anilines is 1. The van der Waals surface area contributed by atoms with Gasteiger partial charge < -0.3 is 10.4 Å². The second kappa shape index (κ2) is 5.93. The molecule has 0 saturated carbocycles. The maximum Gasteiger partial charge on any atom is 0.335 e. The van der Waals surface area contributed by atoms with Crippen LogP contribution in [0.4, 0.5) is 5.69 Å². The van der Waals surface area contributed by atoms with Crippen molar-refractivity contribution in [2.45, 2.75) is 18.9 Å². The molecule has 0 saturated heterocycles. The molecule has 1 aliphatic rings. The number of hydrogen-bond donors (Lipinski definition) is 2. The van der Waals surface area contributed by atoms with Crippen LogP contribution in [0.2, 0.25) is 0 Å². The number of carboxylic acid groups (broad SMARTS) is 1. The van der Waals surface area contributed by atoms with Crippen molar-refractivity contribution in [2.24, 2.45) is 0 Å². The molecule has 1 aliphatic heterocycles. The molecule has 0 fully saturated rings. The number of Topliss-reactive ketones (excluding diaryl/α,β-unsaturated/α-hetero) is 1. The predicted molar refractivity (Wildman–Crippen MR) is 84.3 cm³/mol. The van der Waals surface area contributed by atoms with Crippen LogP contribution < -0.4 is 5.32 Å². The number of carbonyl (C=O) groups excluding carboxylic acids is 1. The van der Waals surface area contributed by atoms with Gasteiger partial charge in [0.05, 0.1) is 23.2 Å². The van der Waals surface area contributed by atoms with E-state index in [-0.39, 0.29) is 23.8 Å². The summed E-state index contributed by atoms with van der Waals surface area (Å²) in [4.78, 5) is 23.3. The summed E-state index contributed by atoms with van der Waals surface area (Å²) in [7, 11) is 0. The number of ketones is 1. The molecule has 2 aromatic carbocycles. The number of aromatic carboxylic acids is 1. The van der Waals surface area contributed by atoms with Crippen LogP contribution >= 0.6 is 0 Å². The van der Waals surface area contributed by atoms with E-state index in [0.717, 1.165) is 11.3 Å². The summed E-state index contributed by atoms with van der Waals surface area (Å²) in [6, 6.07) is 13.8. The van der Waals surface area contributed by atoms with Gasteiger partial charge in [0.2, 0.25) is 0 Å². The normalized spacial score (nSPS) is 16.7. The van der Waals surface area contributed by atoms with Gasteiger partial charge in [-0.3, -0.25) is 4.79 Å². The minimum absolute atomic E-state index is 0.0335. The highest BCUT2D eigenvalue weighted by Crippen LogP contribution is 2.31. The fourth-order valence-corrected chi connectivity index (χ4v) is 2.79. The first kappa shape index (κ1) is 14.8. The average Bonchev–Trinajstić information content (AvgIpc) is 2.72. The molecule has 0 aromatic heterocycles. The summed E-state index contributed by atoms with van der Waals surface area (Å²) < 4.78 is 0. The van der Waals surface area contributed by atoms with Crippen molar-refractivity contribution in [3.8, 4) is 6.07 Å². The Morgan fingerprint density at radius 3 is 2.83 bits per heavy atom. The molecule has 0 spiro atoms. The summed E-state index contributed by atoms with van der Waals surface area (Å²) in [5.74, 6) is -0.978. The Morgan fingerprint density at radius 1 is 1.26 bits per heavy atom. The molecular formula is C18H14N2O3. The average molecular weight is 306 g/mol. The predicted octanol–water partition coefficient (Wildman–Crippen LogP) is 2.92. The number of hydrogen-bond acceptors (Lipinski definition) is 4. The van der Waals surface area contributed by atoms with Crippen LogP contribution in [0.3, 0.4) is 0 Å². The van der Waals surface area contributed by atoms with Gasteiger partial charge in [-0.2, -0.15) is 5.26 Å². The summed E-state index contributed by atoms with van der Waals surface area (Å²) in [6.07, 6.45) is 0.504. The molecule has 3 rings (SSSR count). The van der Waals surface area contributed by atoms with E-state index in [1.54, 1.807) is 24.3 Å². The van der Waals surface area contributed by atoms with Gasteiger partial charge in [-0.1, -0.05) is 12.1 Å². The van der Waals surface area contributed by atoms with Crippen LogP contribution in [0.5, 0.6) is 0 Å². The molecule has 2 aromatic rings. The Bertz CT molecular complexity index is 836. The highest BCUT2D eigenvalue weighted by molar-refractivity contribution is 5.91. The number of benzene rings is 2. The van der Waals surface area contributed by atoms with E-state index in [0.29, 0.717) is 17.5 Å². The standard InChI is InChI=1S/C18H14N2O3/c19-10-11-2-1-3-12(6-11)17-9-15(21)8-14-7-13(18(22)23)4-5-16(14)20-17/h1-7,17,20H,8-9H2,(H,22,23). The topological polar surface area (TPSA) is 90.2 Å². The van der Waals surface area contributed by atoms with E-state index < -0.39 is 5.97 Å². The number of nitriles is 1. The molecule has 0 radical (unpaired) electrons. The lowest BCUT2D eigenvalue weighted by atomic mass is 9.99. The van der Waals surface area contributed by atoms with Crippen molar-refractivity contribution >= 4 is 17.4 Å². The van der Waals surface area contributed by atoms with Gasteiger partial charge in [-0.15, -0.1) is 0 Å². The van der Waals surface area contributed by atoms with Gasteiger partial charge in [0.15, 0.2) is 0 Å². The number of rotatable bonds is 2. The zero-order chi connectivity index (χ0) is 16.4. The minimum Gasteiger partial charge on any atom is -0.478 e. The first-order valence-corrected chi connectivity index (χ1v) is 7.21. The zero-order valence-corrected chi connectivity index (χ0v) is 12.2. The lowest BCUT2D eigenvalue weighted by Gasteiger charge is -2.18. The van der Waals surface area contributed by atoms with E-state index in [4.69, 9.17) is 10.4 Å². The molecule has 2 N–H and O–H groups in total. The van der Waals surface area contributed by atoms with Crippen LogP contribution in [0.15, 0.2) is 42.5 Å². The summed E-state index contributed by atoms with van der Waals surface area (Å²) in [6.45, 7) is 0. The van der Waals surface area contributed by atoms with Crippen LogP contribution in [0, 0.1) is 11.3 Å². The zero-order valence-electron chi connectivity index (χ0n) is 12.2. The van der Waals surface area contributed by atoms with Crippen molar-refractivity contribution in [1.82, 2.24) is 0 Å². The maximum atomic E-state index is 12.2. The highest BCUT2D eigenvalue weighted by Gasteiger charge is 2.23. The van der Waals surface area contributed by atoms with Gasteiger partial charge in [0, 0.05) is 18.5 Å². The molecule has 0 amide bonds. The summed E-state index contributed by atoms with van der Waals surface area (Å²) in [5, 5.41) is 21.4. The Balaban J connectivity index is 1.98. The van der Waals surface area contributed by atoms with E-state index in [1.165, 1.54) is 12.1 Å². The van der Waals surface area contributed by atoms with Crippen LogP contribution in [-0.2, 0) is 11.2 Å². The fraction of sp³-hybridized carbons (Fsp3) is 0.167. The smallest absolute Gasteiger partial charge is 0.335 e. The minimum atomic E-state index is -1.01. The third-order valence-corrected chi connectivity index (χ3v) is 3.92. The molecule has 0 aliphatic carbocycles. The van der Waals surface area contributed by atoms with Gasteiger partial charge in [-0.05, 0) is 41.5 Å². The lowest BCUT2D eigenvalue weighted by molar-refractivity contribution is -0.118. The number of fused-ring (bicyclic) bond motifs is 1. The summed E-state index contributed by atoms with van der Waals surface area (Å²) in [5.41, 5.74) is 3.03. The molecular weight excluding hydrogens is 292 g/mol. The van der Waals surface area contributed by atoms with E-state index >= 15 is 0 Å². The SMILES string of the molecule is N#Cc1cccc(C2CC(=O)Cc3cc(C(=O)O)ccc3N2)c1. The fourth-order valence-electron chi connectivity index (χ4n) is 2.79. The largest absolute Gasteiger partial charge is 0.478 e. The van der Waals surface area contributed by atoms with E-state index in [9.17, 15) is 9.59 Å². The molecule has 5 heteroatoms. The van der Waals surface area contributed by atoms with Crippen molar-refractivity contribution in [3.63, 3.8) is 0 Å². The van der Waals surface area contributed by atoms with Crippen molar-refractivity contribution in [1.29, 1.82) is 5.26 Å². The lowest BCUT2D eigenvalue weighted by Crippen LogP contribution is -2.13. The van der Waals surface area contributed by atoms with Gasteiger partial charge >= 0.3 is 5.97 Å².